The molecule has 178 valence electrons. The summed E-state index contributed by atoms with van der Waals surface area (Å²) in [6.45, 7) is 4.40. The van der Waals surface area contributed by atoms with Crippen molar-refractivity contribution in [3.8, 4) is 0 Å². The molecule has 1 saturated heterocycles. The molecule has 0 aliphatic carbocycles. The first kappa shape index (κ1) is 24.4. The molecule has 0 bridgehead atoms. The van der Waals surface area contributed by atoms with Crippen molar-refractivity contribution in [1.82, 2.24) is 8.87 Å². The number of carbonyl (C=O) groups excluding carboxylic acids is 2. The van der Waals surface area contributed by atoms with Gasteiger partial charge < -0.3 is 14.6 Å². The van der Waals surface area contributed by atoms with Gasteiger partial charge in [-0.3, -0.25) is 14.9 Å². The number of carbonyl (C=O) groups is 2. The third-order valence-electron chi connectivity index (χ3n) is 5.36. The van der Waals surface area contributed by atoms with Crippen LogP contribution in [-0.2, 0) is 26.6 Å². The summed E-state index contributed by atoms with van der Waals surface area (Å²) in [4.78, 5) is 34.5. The van der Waals surface area contributed by atoms with Crippen LogP contribution in [0, 0.1) is 22.0 Å². The Morgan fingerprint density at radius 2 is 1.79 bits per heavy atom. The second-order valence-electron chi connectivity index (χ2n) is 8.37. The van der Waals surface area contributed by atoms with Gasteiger partial charge in [0.25, 0.3) is 11.6 Å². The average molecular weight is 479 g/mol. The average Bonchev–Trinajstić information content (AvgIpc) is 3.14. The van der Waals surface area contributed by atoms with Gasteiger partial charge >= 0.3 is 5.97 Å². The number of aromatic nitrogens is 1. The Balaban J connectivity index is 1.58. The van der Waals surface area contributed by atoms with Crippen LogP contribution in [-0.4, -0.2) is 53.8 Å². The molecule has 0 radical (unpaired) electrons. The second-order valence-corrected chi connectivity index (χ2v) is 10.3. The van der Waals surface area contributed by atoms with Crippen LogP contribution in [0.1, 0.15) is 30.8 Å². The lowest BCUT2D eigenvalue weighted by molar-refractivity contribution is -0.384. The van der Waals surface area contributed by atoms with E-state index in [4.69, 9.17) is 4.74 Å². The fraction of sp³-hybridized carbons (Fsp3) is 0.429. The van der Waals surface area contributed by atoms with Gasteiger partial charge in [-0.2, -0.15) is 4.31 Å². The highest BCUT2D eigenvalue weighted by atomic mass is 32.2. The number of nitrogens with one attached hydrogen (secondary N) is 1. The maximum absolute atomic E-state index is 12.9. The SMILES string of the molecule is CC1CC(C)CN(S(=O)(=O)c2ccc(NC(=O)COC(=O)c3cc([N+](=O)[O-])cn3C)cc2)C1. The number of sulfonamides is 1. The third kappa shape index (κ3) is 5.76. The van der Waals surface area contributed by atoms with Crippen LogP contribution in [0.2, 0.25) is 0 Å². The quantitative estimate of drug-likeness (QED) is 0.366. The van der Waals surface area contributed by atoms with Crippen molar-refractivity contribution in [2.45, 2.75) is 25.2 Å². The van der Waals surface area contributed by atoms with Crippen molar-refractivity contribution in [3.05, 3.63) is 52.3 Å². The molecule has 12 heteroatoms. The molecule has 1 N–H and O–H groups in total. The Labute approximate surface area is 191 Å². The van der Waals surface area contributed by atoms with Crippen molar-refractivity contribution >= 4 is 33.3 Å². The van der Waals surface area contributed by atoms with Gasteiger partial charge in [0.2, 0.25) is 10.0 Å². The van der Waals surface area contributed by atoms with E-state index >= 15 is 0 Å². The van der Waals surface area contributed by atoms with Crippen LogP contribution in [0.4, 0.5) is 11.4 Å². The molecule has 1 aromatic heterocycles. The Hall–Kier alpha value is -3.25. The van der Waals surface area contributed by atoms with E-state index in [1.807, 2.05) is 13.8 Å². The summed E-state index contributed by atoms with van der Waals surface area (Å²) < 4.78 is 33.5. The van der Waals surface area contributed by atoms with Crippen molar-refractivity contribution in [2.24, 2.45) is 18.9 Å². The molecule has 1 amide bonds. The summed E-state index contributed by atoms with van der Waals surface area (Å²) in [5.74, 6) is -0.952. The van der Waals surface area contributed by atoms with E-state index in [1.54, 1.807) is 0 Å². The molecule has 3 rings (SSSR count). The maximum Gasteiger partial charge on any atom is 0.355 e. The highest BCUT2D eigenvalue weighted by Gasteiger charge is 2.31. The van der Waals surface area contributed by atoms with Gasteiger partial charge in [-0.25, -0.2) is 13.2 Å². The number of hydrogen-bond acceptors (Lipinski definition) is 7. The number of hydrogen-bond donors (Lipinski definition) is 1. The Bertz CT molecular complexity index is 1150. The normalized spacial score (nSPS) is 19.1. The van der Waals surface area contributed by atoms with E-state index in [0.29, 0.717) is 18.8 Å². The number of aryl methyl sites for hydroxylation is 1. The lowest BCUT2D eigenvalue weighted by Crippen LogP contribution is -2.42. The van der Waals surface area contributed by atoms with Crippen LogP contribution in [0.15, 0.2) is 41.4 Å². The molecule has 0 spiro atoms. The third-order valence-corrected chi connectivity index (χ3v) is 7.20. The van der Waals surface area contributed by atoms with E-state index in [9.17, 15) is 28.1 Å². The van der Waals surface area contributed by atoms with Gasteiger partial charge in [-0.15, -0.1) is 0 Å². The van der Waals surface area contributed by atoms with E-state index in [1.165, 1.54) is 40.2 Å². The number of esters is 1. The minimum atomic E-state index is -3.63. The van der Waals surface area contributed by atoms with Gasteiger partial charge in [0.05, 0.1) is 16.0 Å². The van der Waals surface area contributed by atoms with Crippen molar-refractivity contribution in [2.75, 3.05) is 25.0 Å². The molecule has 1 aliphatic heterocycles. The van der Waals surface area contributed by atoms with E-state index in [2.05, 4.69) is 5.32 Å². The van der Waals surface area contributed by atoms with Gasteiger partial charge in [0.15, 0.2) is 6.61 Å². The van der Waals surface area contributed by atoms with E-state index < -0.39 is 33.4 Å². The summed E-state index contributed by atoms with van der Waals surface area (Å²) in [5, 5.41) is 13.3. The van der Waals surface area contributed by atoms with Crippen LogP contribution in [0.5, 0.6) is 0 Å². The number of nitro groups is 1. The largest absolute Gasteiger partial charge is 0.451 e. The first-order valence-electron chi connectivity index (χ1n) is 10.3. The lowest BCUT2D eigenvalue weighted by atomic mass is 9.94. The van der Waals surface area contributed by atoms with Crippen LogP contribution in [0.3, 0.4) is 0 Å². The zero-order valence-electron chi connectivity index (χ0n) is 18.6. The smallest absolute Gasteiger partial charge is 0.355 e. The molecule has 2 aromatic rings. The molecule has 0 saturated carbocycles. The summed E-state index contributed by atoms with van der Waals surface area (Å²) in [5.41, 5.74) is 0.00713. The first-order valence-corrected chi connectivity index (χ1v) is 11.8. The minimum absolute atomic E-state index is 0.0644. The highest BCUT2D eigenvalue weighted by Crippen LogP contribution is 2.27. The van der Waals surface area contributed by atoms with Crippen LogP contribution in [0.25, 0.3) is 0 Å². The Morgan fingerprint density at radius 3 is 2.33 bits per heavy atom. The molecular formula is C21H26N4O7S. The van der Waals surface area contributed by atoms with Gasteiger partial charge in [-0.1, -0.05) is 13.8 Å². The maximum atomic E-state index is 12.9. The summed E-state index contributed by atoms with van der Waals surface area (Å²) in [6.07, 6.45) is 2.15. The standard InChI is InChI=1S/C21H26N4O7S/c1-14-8-15(2)11-24(10-14)33(30,31)18-6-4-16(5-7-18)22-20(26)13-32-21(27)19-9-17(25(28)29)12-23(19)3/h4-7,9,12,14-15H,8,10-11,13H2,1-3H3,(H,22,26). The lowest BCUT2D eigenvalue weighted by Gasteiger charge is -2.34. The summed E-state index contributed by atoms with van der Waals surface area (Å²) in [6, 6.07) is 6.82. The Kier molecular flexibility index (Phi) is 7.18. The number of nitrogens with zero attached hydrogens (tertiary/aromatic N) is 3. The number of benzene rings is 1. The fourth-order valence-electron chi connectivity index (χ4n) is 3.91. The van der Waals surface area contributed by atoms with Gasteiger partial charge in [0.1, 0.15) is 5.69 Å². The molecule has 2 heterocycles. The molecule has 1 aliphatic rings. The molecule has 33 heavy (non-hydrogen) atoms. The molecule has 1 fully saturated rings. The van der Waals surface area contributed by atoms with Crippen LogP contribution < -0.4 is 5.32 Å². The van der Waals surface area contributed by atoms with E-state index in [-0.39, 0.29) is 28.1 Å². The molecule has 11 nitrogen and oxygen atoms in total. The highest BCUT2D eigenvalue weighted by molar-refractivity contribution is 7.89. The summed E-state index contributed by atoms with van der Waals surface area (Å²) >= 11 is 0. The zero-order valence-corrected chi connectivity index (χ0v) is 19.4. The van der Waals surface area contributed by atoms with Crippen LogP contribution >= 0.6 is 0 Å². The van der Waals surface area contributed by atoms with Gasteiger partial charge in [0, 0.05) is 31.9 Å². The van der Waals surface area contributed by atoms with Crippen molar-refractivity contribution in [1.29, 1.82) is 0 Å². The predicted octanol–water partition coefficient (Wildman–Crippen LogP) is 2.40. The number of rotatable bonds is 7. The summed E-state index contributed by atoms with van der Waals surface area (Å²) in [7, 11) is -2.18. The zero-order chi connectivity index (χ0) is 24.3. The number of ether oxygens (including phenoxy) is 1. The minimum Gasteiger partial charge on any atom is -0.451 e. The molecule has 1 aromatic carbocycles. The number of piperidine rings is 1. The number of anilines is 1. The van der Waals surface area contributed by atoms with E-state index in [0.717, 1.165) is 18.7 Å². The van der Waals surface area contributed by atoms with Gasteiger partial charge in [-0.05, 0) is 42.5 Å². The first-order chi connectivity index (χ1) is 15.5. The molecular weight excluding hydrogens is 452 g/mol. The Morgan fingerprint density at radius 1 is 1.18 bits per heavy atom. The molecule has 2 atom stereocenters. The predicted molar refractivity (Wildman–Crippen MR) is 119 cm³/mol. The molecule has 2 unspecified atom stereocenters. The monoisotopic (exact) mass is 478 g/mol. The topological polar surface area (TPSA) is 141 Å². The fourth-order valence-corrected chi connectivity index (χ4v) is 5.59. The van der Waals surface area contributed by atoms with Crippen molar-refractivity contribution in [3.63, 3.8) is 0 Å². The van der Waals surface area contributed by atoms with Crippen molar-refractivity contribution < 1.29 is 27.7 Å². The number of amides is 1. The second kappa shape index (κ2) is 9.71.